The van der Waals surface area contributed by atoms with E-state index < -0.39 is 0 Å². The Morgan fingerprint density at radius 1 is 1.21 bits per heavy atom. The van der Waals surface area contributed by atoms with Crippen molar-refractivity contribution in [2.75, 3.05) is 19.6 Å². The lowest BCUT2D eigenvalue weighted by atomic mass is 10.0. The first-order valence-electron chi connectivity index (χ1n) is 9.63. The van der Waals surface area contributed by atoms with Crippen molar-refractivity contribution < 1.29 is 4.79 Å². The number of carbonyl (C=O) groups is 1. The van der Waals surface area contributed by atoms with Gasteiger partial charge in [-0.15, -0.1) is 0 Å². The highest BCUT2D eigenvalue weighted by Gasteiger charge is 2.28. The van der Waals surface area contributed by atoms with Crippen molar-refractivity contribution in [2.24, 2.45) is 0 Å². The molecule has 6 heteroatoms. The normalized spacial score (nSPS) is 16.9. The largest absolute Gasteiger partial charge is 0.329 e. The fourth-order valence-electron chi connectivity index (χ4n) is 3.79. The van der Waals surface area contributed by atoms with Gasteiger partial charge < -0.3 is 10.2 Å². The van der Waals surface area contributed by atoms with Crippen molar-refractivity contribution >= 4 is 5.91 Å². The molecule has 0 saturated carbocycles. The second-order valence-corrected chi connectivity index (χ2v) is 7.29. The van der Waals surface area contributed by atoms with Crippen LogP contribution in [0.15, 0.2) is 54.9 Å². The molecule has 1 fully saturated rings. The Morgan fingerprint density at radius 3 is 2.86 bits per heavy atom. The number of hydrogen-bond acceptors (Lipinski definition) is 4. The molecule has 2 aromatic heterocycles. The molecule has 144 valence electrons. The van der Waals surface area contributed by atoms with E-state index in [0.29, 0.717) is 13.1 Å². The van der Waals surface area contributed by atoms with Crippen LogP contribution in [0.25, 0.3) is 0 Å². The Morgan fingerprint density at radius 2 is 2.11 bits per heavy atom. The van der Waals surface area contributed by atoms with Gasteiger partial charge >= 0.3 is 0 Å². The number of piperazine rings is 1. The van der Waals surface area contributed by atoms with Gasteiger partial charge in [0.25, 0.3) is 5.91 Å². The highest BCUT2D eigenvalue weighted by molar-refractivity contribution is 5.94. The molecule has 0 radical (unpaired) electrons. The minimum atomic E-state index is -0.00499. The number of rotatable bonds is 4. The first-order chi connectivity index (χ1) is 13.6. The quantitative estimate of drug-likeness (QED) is 0.762. The number of aromatic nitrogens is 3. The standard InChI is InChI=1S/C22H25N5O/c1-16-11-17(2)27(25-16)15-18-5-3-6-19(12-18)22(28)26-10-9-24-14-21(26)20-7-4-8-23-13-20/h3-8,11-13,21,24H,9-10,14-15H2,1-2H3. The summed E-state index contributed by atoms with van der Waals surface area (Å²) in [4.78, 5) is 19.5. The van der Waals surface area contributed by atoms with E-state index in [1.807, 2.05) is 66.0 Å². The number of nitrogens with one attached hydrogen (secondary N) is 1. The molecule has 1 atom stereocenters. The molecule has 3 aromatic rings. The van der Waals surface area contributed by atoms with E-state index in [-0.39, 0.29) is 11.9 Å². The van der Waals surface area contributed by atoms with Crippen LogP contribution in [0.1, 0.15) is 38.9 Å². The van der Waals surface area contributed by atoms with Gasteiger partial charge in [-0.25, -0.2) is 0 Å². The van der Waals surface area contributed by atoms with Crippen LogP contribution in [-0.2, 0) is 6.54 Å². The lowest BCUT2D eigenvalue weighted by molar-refractivity contribution is 0.0634. The number of aryl methyl sites for hydroxylation is 2. The lowest BCUT2D eigenvalue weighted by Gasteiger charge is -2.36. The van der Waals surface area contributed by atoms with Gasteiger partial charge in [0.05, 0.1) is 18.3 Å². The van der Waals surface area contributed by atoms with Crippen molar-refractivity contribution in [1.82, 2.24) is 25.0 Å². The molecule has 0 bridgehead atoms. The third-order valence-corrected chi connectivity index (χ3v) is 5.18. The molecule has 0 aliphatic carbocycles. The molecule has 1 aliphatic rings. The van der Waals surface area contributed by atoms with Gasteiger partial charge in [0.2, 0.25) is 0 Å². The molecule has 1 amide bonds. The number of benzene rings is 1. The lowest BCUT2D eigenvalue weighted by Crippen LogP contribution is -2.48. The van der Waals surface area contributed by atoms with Crippen LogP contribution in [0.4, 0.5) is 0 Å². The highest BCUT2D eigenvalue weighted by Crippen LogP contribution is 2.24. The predicted molar refractivity (Wildman–Crippen MR) is 108 cm³/mol. The van der Waals surface area contributed by atoms with Crippen LogP contribution in [0.5, 0.6) is 0 Å². The van der Waals surface area contributed by atoms with Gasteiger partial charge in [-0.2, -0.15) is 5.10 Å². The van der Waals surface area contributed by atoms with Gasteiger partial charge in [0.1, 0.15) is 0 Å². The molecule has 28 heavy (non-hydrogen) atoms. The van der Waals surface area contributed by atoms with Crippen molar-refractivity contribution in [1.29, 1.82) is 0 Å². The fraction of sp³-hybridized carbons (Fsp3) is 0.318. The second kappa shape index (κ2) is 7.94. The number of pyridine rings is 1. The monoisotopic (exact) mass is 375 g/mol. The maximum atomic E-state index is 13.3. The Balaban J connectivity index is 1.57. The SMILES string of the molecule is Cc1cc(C)n(Cc2cccc(C(=O)N3CCNCC3c3cccnc3)c2)n1. The number of nitrogens with zero attached hydrogens (tertiary/aromatic N) is 4. The van der Waals surface area contributed by atoms with E-state index in [4.69, 9.17) is 0 Å². The van der Waals surface area contributed by atoms with Gasteiger partial charge in [-0.05, 0) is 49.2 Å². The molecular weight excluding hydrogens is 350 g/mol. The number of hydrogen-bond donors (Lipinski definition) is 1. The Bertz CT molecular complexity index is 966. The van der Waals surface area contributed by atoms with Crippen LogP contribution in [0, 0.1) is 13.8 Å². The predicted octanol–water partition coefficient (Wildman–Crippen LogP) is 2.73. The van der Waals surface area contributed by atoms with Crippen molar-refractivity contribution in [3.05, 3.63) is 82.9 Å². The van der Waals surface area contributed by atoms with Crippen LogP contribution < -0.4 is 5.32 Å². The Hall–Kier alpha value is -2.99. The molecule has 3 heterocycles. The molecule has 1 aliphatic heterocycles. The summed E-state index contributed by atoms with van der Waals surface area (Å²) in [6, 6.07) is 13.9. The van der Waals surface area contributed by atoms with Crippen LogP contribution in [0.2, 0.25) is 0 Å². The van der Waals surface area contributed by atoms with E-state index in [1.165, 1.54) is 0 Å². The number of amides is 1. The summed E-state index contributed by atoms with van der Waals surface area (Å²) in [6.45, 7) is 6.92. The van der Waals surface area contributed by atoms with E-state index in [2.05, 4.69) is 21.5 Å². The zero-order valence-corrected chi connectivity index (χ0v) is 16.3. The third kappa shape index (κ3) is 3.82. The maximum Gasteiger partial charge on any atom is 0.254 e. The summed E-state index contributed by atoms with van der Waals surface area (Å²) in [5, 5.41) is 7.92. The van der Waals surface area contributed by atoms with E-state index in [0.717, 1.165) is 41.2 Å². The molecule has 1 N–H and O–H groups in total. The molecule has 1 unspecified atom stereocenters. The highest BCUT2D eigenvalue weighted by atomic mass is 16.2. The zero-order valence-electron chi connectivity index (χ0n) is 16.3. The summed E-state index contributed by atoms with van der Waals surface area (Å²) < 4.78 is 1.97. The summed E-state index contributed by atoms with van der Waals surface area (Å²) >= 11 is 0. The zero-order chi connectivity index (χ0) is 19.5. The van der Waals surface area contributed by atoms with Gasteiger partial charge in [-0.3, -0.25) is 14.5 Å². The summed E-state index contributed by atoms with van der Waals surface area (Å²) in [6.07, 6.45) is 3.60. The summed E-state index contributed by atoms with van der Waals surface area (Å²) in [5.41, 5.74) is 4.97. The van der Waals surface area contributed by atoms with Crippen molar-refractivity contribution in [2.45, 2.75) is 26.4 Å². The first-order valence-corrected chi connectivity index (χ1v) is 9.63. The topological polar surface area (TPSA) is 63.1 Å². The summed E-state index contributed by atoms with van der Waals surface area (Å²) in [5.74, 6) is 0.0607. The van der Waals surface area contributed by atoms with E-state index >= 15 is 0 Å². The van der Waals surface area contributed by atoms with Gasteiger partial charge in [0.15, 0.2) is 0 Å². The Kier molecular flexibility index (Phi) is 5.21. The van der Waals surface area contributed by atoms with E-state index in [1.54, 1.807) is 6.20 Å². The van der Waals surface area contributed by atoms with Crippen LogP contribution in [0.3, 0.4) is 0 Å². The van der Waals surface area contributed by atoms with Crippen LogP contribution in [-0.4, -0.2) is 45.2 Å². The average molecular weight is 375 g/mol. The molecular formula is C22H25N5O. The van der Waals surface area contributed by atoms with Crippen molar-refractivity contribution in [3.8, 4) is 0 Å². The van der Waals surface area contributed by atoms with Crippen molar-refractivity contribution in [3.63, 3.8) is 0 Å². The summed E-state index contributed by atoms with van der Waals surface area (Å²) in [7, 11) is 0. The third-order valence-electron chi connectivity index (χ3n) is 5.18. The minimum absolute atomic E-state index is 0.00499. The molecule has 0 spiro atoms. The molecule has 4 rings (SSSR count). The molecule has 6 nitrogen and oxygen atoms in total. The molecule has 1 saturated heterocycles. The van der Waals surface area contributed by atoms with Gasteiger partial charge in [0, 0.05) is 43.3 Å². The first kappa shape index (κ1) is 18.4. The van der Waals surface area contributed by atoms with Gasteiger partial charge in [-0.1, -0.05) is 18.2 Å². The Labute approximate surface area is 165 Å². The fourth-order valence-corrected chi connectivity index (χ4v) is 3.79. The molecule has 1 aromatic carbocycles. The second-order valence-electron chi connectivity index (χ2n) is 7.29. The van der Waals surface area contributed by atoms with E-state index in [9.17, 15) is 4.79 Å². The minimum Gasteiger partial charge on any atom is -0.329 e. The number of carbonyl (C=O) groups excluding carboxylic acids is 1. The smallest absolute Gasteiger partial charge is 0.254 e. The average Bonchev–Trinajstić information content (AvgIpc) is 3.05. The van der Waals surface area contributed by atoms with Crippen LogP contribution >= 0.6 is 0 Å². The maximum absolute atomic E-state index is 13.3.